The first-order valence-electron chi connectivity index (χ1n) is 4.65. The molecule has 0 aliphatic rings. The van der Waals surface area contributed by atoms with Crippen molar-refractivity contribution in [3.8, 4) is 17.3 Å². The average molecular weight is 211 g/mol. The highest BCUT2D eigenvalue weighted by molar-refractivity contribution is 5.67. The molecule has 0 atom stereocenters. The molecule has 0 fully saturated rings. The molecule has 0 bridgehead atoms. The summed E-state index contributed by atoms with van der Waals surface area (Å²) in [6.07, 6.45) is 4.55. The minimum absolute atomic E-state index is 0.437. The van der Waals surface area contributed by atoms with Crippen LogP contribution in [0.15, 0.2) is 24.8 Å². The molecule has 0 saturated carbocycles. The van der Waals surface area contributed by atoms with Gasteiger partial charge in [-0.1, -0.05) is 0 Å². The van der Waals surface area contributed by atoms with Crippen LogP contribution in [0.4, 0.5) is 5.82 Å². The summed E-state index contributed by atoms with van der Waals surface area (Å²) < 4.78 is 0. The van der Waals surface area contributed by atoms with E-state index in [1.165, 1.54) is 12.5 Å². The predicted molar refractivity (Wildman–Crippen MR) is 59.1 cm³/mol. The number of hydrogen-bond acceptors (Lipinski definition) is 5. The van der Waals surface area contributed by atoms with Crippen molar-refractivity contribution in [2.24, 2.45) is 0 Å². The Hall–Kier alpha value is -2.48. The topological polar surface area (TPSA) is 88.5 Å². The van der Waals surface area contributed by atoms with Crippen LogP contribution >= 0.6 is 0 Å². The third-order valence-electron chi connectivity index (χ3n) is 2.26. The van der Waals surface area contributed by atoms with E-state index in [2.05, 4.69) is 15.0 Å². The molecule has 0 aromatic carbocycles. The second-order valence-corrected chi connectivity index (χ2v) is 3.31. The molecule has 2 aromatic rings. The summed E-state index contributed by atoms with van der Waals surface area (Å²) in [5.74, 6) is 0.437. The molecule has 2 aromatic heterocycles. The molecule has 2 rings (SSSR count). The lowest BCUT2D eigenvalue weighted by Crippen LogP contribution is -1.98. The standard InChI is InChI=1S/C11H9N5/c1-7-10(15-6-16-11(7)13)9-2-8(3-12)4-14-5-9/h2,4-6H,1H3,(H2,13,15,16). The van der Waals surface area contributed by atoms with E-state index in [0.29, 0.717) is 17.1 Å². The lowest BCUT2D eigenvalue weighted by atomic mass is 10.1. The summed E-state index contributed by atoms with van der Waals surface area (Å²) in [5, 5.41) is 8.79. The number of rotatable bonds is 1. The summed E-state index contributed by atoms with van der Waals surface area (Å²) in [6.45, 7) is 1.84. The van der Waals surface area contributed by atoms with Gasteiger partial charge in [0.2, 0.25) is 0 Å². The van der Waals surface area contributed by atoms with Crippen molar-refractivity contribution in [3.05, 3.63) is 35.9 Å². The van der Waals surface area contributed by atoms with Crippen LogP contribution in [0.1, 0.15) is 11.1 Å². The molecule has 0 saturated heterocycles. The minimum atomic E-state index is 0.437. The maximum atomic E-state index is 8.79. The Morgan fingerprint density at radius 2 is 2.12 bits per heavy atom. The lowest BCUT2D eigenvalue weighted by Gasteiger charge is -2.05. The Kier molecular flexibility index (Phi) is 2.48. The maximum Gasteiger partial charge on any atom is 0.130 e. The van der Waals surface area contributed by atoms with E-state index >= 15 is 0 Å². The van der Waals surface area contributed by atoms with Gasteiger partial charge in [0.25, 0.3) is 0 Å². The fourth-order valence-electron chi connectivity index (χ4n) is 1.39. The first kappa shape index (κ1) is 10.1. The Labute approximate surface area is 92.6 Å². The molecule has 5 heteroatoms. The Morgan fingerprint density at radius 1 is 1.31 bits per heavy atom. The third kappa shape index (κ3) is 1.68. The summed E-state index contributed by atoms with van der Waals surface area (Å²) in [7, 11) is 0. The SMILES string of the molecule is Cc1c(N)ncnc1-c1cncc(C#N)c1. The fraction of sp³-hybridized carbons (Fsp3) is 0.0909. The zero-order valence-electron chi connectivity index (χ0n) is 8.68. The molecule has 0 radical (unpaired) electrons. The highest BCUT2D eigenvalue weighted by Gasteiger charge is 2.07. The van der Waals surface area contributed by atoms with Crippen molar-refractivity contribution in [1.29, 1.82) is 5.26 Å². The van der Waals surface area contributed by atoms with E-state index in [0.717, 1.165) is 11.1 Å². The van der Waals surface area contributed by atoms with Gasteiger partial charge in [-0.25, -0.2) is 9.97 Å². The molecule has 16 heavy (non-hydrogen) atoms. The van der Waals surface area contributed by atoms with Gasteiger partial charge >= 0.3 is 0 Å². The first-order chi connectivity index (χ1) is 7.72. The van der Waals surface area contributed by atoms with Crippen molar-refractivity contribution in [2.45, 2.75) is 6.92 Å². The smallest absolute Gasteiger partial charge is 0.130 e. The number of nitrogen functional groups attached to an aromatic ring is 1. The molecule has 2 N–H and O–H groups in total. The molecular weight excluding hydrogens is 202 g/mol. The van der Waals surface area contributed by atoms with Gasteiger partial charge in [0.05, 0.1) is 11.3 Å². The largest absolute Gasteiger partial charge is 0.383 e. The number of aromatic nitrogens is 3. The van der Waals surface area contributed by atoms with Crippen molar-refractivity contribution < 1.29 is 0 Å². The highest BCUT2D eigenvalue weighted by atomic mass is 14.9. The number of anilines is 1. The van der Waals surface area contributed by atoms with Gasteiger partial charge < -0.3 is 5.73 Å². The van der Waals surface area contributed by atoms with Gasteiger partial charge in [0, 0.05) is 23.5 Å². The van der Waals surface area contributed by atoms with Crippen LogP contribution < -0.4 is 5.73 Å². The molecule has 0 unspecified atom stereocenters. The fourth-order valence-corrected chi connectivity index (χ4v) is 1.39. The molecule has 2 heterocycles. The summed E-state index contributed by atoms with van der Waals surface area (Å²) in [5.41, 5.74) is 8.45. The molecule has 5 nitrogen and oxygen atoms in total. The van der Waals surface area contributed by atoms with Gasteiger partial charge in [0.15, 0.2) is 0 Å². The normalized spacial score (nSPS) is 9.75. The van der Waals surface area contributed by atoms with E-state index in [4.69, 9.17) is 11.0 Å². The number of pyridine rings is 1. The van der Waals surface area contributed by atoms with Crippen LogP contribution in [0.3, 0.4) is 0 Å². The lowest BCUT2D eigenvalue weighted by molar-refractivity contribution is 1.14. The molecule has 0 spiro atoms. The van der Waals surface area contributed by atoms with Crippen LogP contribution in [0.2, 0.25) is 0 Å². The van der Waals surface area contributed by atoms with E-state index in [9.17, 15) is 0 Å². The zero-order valence-corrected chi connectivity index (χ0v) is 8.68. The van der Waals surface area contributed by atoms with E-state index < -0.39 is 0 Å². The van der Waals surface area contributed by atoms with Gasteiger partial charge in [-0.05, 0) is 13.0 Å². The quantitative estimate of drug-likeness (QED) is 0.768. The second kappa shape index (κ2) is 3.95. The first-order valence-corrected chi connectivity index (χ1v) is 4.65. The van der Waals surface area contributed by atoms with Crippen molar-refractivity contribution in [1.82, 2.24) is 15.0 Å². The van der Waals surface area contributed by atoms with Gasteiger partial charge in [0.1, 0.15) is 18.2 Å². The van der Waals surface area contributed by atoms with Crippen LogP contribution in [0, 0.1) is 18.3 Å². The Balaban J connectivity index is 2.59. The van der Waals surface area contributed by atoms with E-state index in [1.54, 1.807) is 12.3 Å². The van der Waals surface area contributed by atoms with Gasteiger partial charge in [-0.3, -0.25) is 4.98 Å². The average Bonchev–Trinajstić information content (AvgIpc) is 2.33. The van der Waals surface area contributed by atoms with E-state index in [1.807, 2.05) is 13.0 Å². The van der Waals surface area contributed by atoms with Crippen molar-refractivity contribution in [2.75, 3.05) is 5.73 Å². The maximum absolute atomic E-state index is 8.79. The minimum Gasteiger partial charge on any atom is -0.383 e. The third-order valence-corrected chi connectivity index (χ3v) is 2.26. The Morgan fingerprint density at radius 3 is 2.88 bits per heavy atom. The number of hydrogen-bond donors (Lipinski definition) is 1. The Bertz CT molecular complexity index is 571. The number of nitrogens with zero attached hydrogens (tertiary/aromatic N) is 4. The summed E-state index contributed by atoms with van der Waals surface area (Å²) in [6, 6.07) is 3.76. The predicted octanol–water partition coefficient (Wildman–Crippen LogP) is 1.30. The molecule has 0 amide bonds. The number of nitriles is 1. The van der Waals surface area contributed by atoms with Crippen molar-refractivity contribution >= 4 is 5.82 Å². The van der Waals surface area contributed by atoms with Gasteiger partial charge in [-0.2, -0.15) is 5.26 Å². The molecule has 0 aliphatic heterocycles. The number of nitrogens with two attached hydrogens (primary N) is 1. The summed E-state index contributed by atoms with van der Waals surface area (Å²) in [4.78, 5) is 12.0. The van der Waals surface area contributed by atoms with Crippen molar-refractivity contribution in [3.63, 3.8) is 0 Å². The monoisotopic (exact) mass is 211 g/mol. The second-order valence-electron chi connectivity index (χ2n) is 3.31. The van der Waals surface area contributed by atoms with E-state index in [-0.39, 0.29) is 0 Å². The van der Waals surface area contributed by atoms with Crippen LogP contribution in [0.25, 0.3) is 11.3 Å². The van der Waals surface area contributed by atoms with Crippen LogP contribution in [-0.2, 0) is 0 Å². The summed E-state index contributed by atoms with van der Waals surface area (Å²) >= 11 is 0. The van der Waals surface area contributed by atoms with Crippen LogP contribution in [-0.4, -0.2) is 15.0 Å². The zero-order chi connectivity index (χ0) is 11.5. The van der Waals surface area contributed by atoms with Gasteiger partial charge in [-0.15, -0.1) is 0 Å². The molecular formula is C11H9N5. The highest BCUT2D eigenvalue weighted by Crippen LogP contribution is 2.22. The molecule has 0 aliphatic carbocycles. The van der Waals surface area contributed by atoms with Crippen LogP contribution in [0.5, 0.6) is 0 Å². The molecule has 78 valence electrons.